The number of methoxy groups -OCH3 is 1. The number of benzene rings is 2. The molecule has 0 aliphatic rings. The molecule has 29 heavy (non-hydrogen) atoms. The summed E-state index contributed by atoms with van der Waals surface area (Å²) in [7, 11) is 1.55. The molecule has 0 saturated carbocycles. The van der Waals surface area contributed by atoms with Gasteiger partial charge in [0.15, 0.2) is 10.8 Å². The van der Waals surface area contributed by atoms with Crippen molar-refractivity contribution in [2.75, 3.05) is 12.4 Å². The number of amides is 1. The lowest BCUT2D eigenvalue weighted by molar-refractivity contribution is -0.115. The van der Waals surface area contributed by atoms with Crippen LogP contribution >= 0.6 is 23.4 Å². The summed E-state index contributed by atoms with van der Waals surface area (Å²) in [6.45, 7) is 3.88. The first-order chi connectivity index (χ1) is 14.0. The molecular formula is C21H19ClN4O2S. The minimum Gasteiger partial charge on any atom is -0.495 e. The first kappa shape index (κ1) is 19.5. The topological polar surface area (TPSA) is 68.5 Å². The fraction of sp³-hybridized carbons (Fsp3) is 0.190. The van der Waals surface area contributed by atoms with E-state index in [1.807, 2.05) is 35.6 Å². The Morgan fingerprint density at radius 3 is 2.79 bits per heavy atom. The van der Waals surface area contributed by atoms with Crippen molar-refractivity contribution in [2.24, 2.45) is 0 Å². The number of hydrogen-bond donors (Lipinski definition) is 1. The lowest BCUT2D eigenvalue weighted by atomic mass is 10.1. The number of fused-ring (bicyclic) bond motifs is 3. The molecule has 0 spiro atoms. The zero-order valence-electron chi connectivity index (χ0n) is 16.1. The number of anilines is 1. The van der Waals surface area contributed by atoms with E-state index in [2.05, 4.69) is 28.5 Å². The third-order valence-corrected chi connectivity index (χ3v) is 5.92. The summed E-state index contributed by atoms with van der Waals surface area (Å²) in [5.41, 5.74) is 3.44. The van der Waals surface area contributed by atoms with Gasteiger partial charge in [0.05, 0.1) is 23.6 Å². The van der Waals surface area contributed by atoms with Crippen molar-refractivity contribution in [2.45, 2.75) is 24.3 Å². The molecule has 6 nitrogen and oxygen atoms in total. The van der Waals surface area contributed by atoms with Crippen LogP contribution in [-0.2, 0) is 4.79 Å². The molecule has 1 amide bonds. The number of ether oxygens (including phenoxy) is 1. The van der Waals surface area contributed by atoms with Crippen LogP contribution in [0.25, 0.3) is 16.6 Å². The minimum absolute atomic E-state index is 0.177. The molecule has 2 aromatic carbocycles. The van der Waals surface area contributed by atoms with Crippen molar-refractivity contribution in [3.05, 3.63) is 59.1 Å². The van der Waals surface area contributed by atoms with Crippen molar-refractivity contribution in [3.8, 4) is 5.75 Å². The SMILES string of the molecule is COc1ccc(Cl)cc1NC(=O)[C@H](C)Sc1nnc2cc(C)c3ccccc3n12. The number of para-hydroxylation sites is 1. The lowest BCUT2D eigenvalue weighted by Gasteiger charge is -2.14. The van der Waals surface area contributed by atoms with E-state index >= 15 is 0 Å². The van der Waals surface area contributed by atoms with Crippen molar-refractivity contribution in [1.82, 2.24) is 14.6 Å². The fourth-order valence-electron chi connectivity index (χ4n) is 3.17. The summed E-state index contributed by atoms with van der Waals surface area (Å²) < 4.78 is 7.28. The monoisotopic (exact) mass is 426 g/mol. The molecule has 0 unspecified atom stereocenters. The van der Waals surface area contributed by atoms with Crippen LogP contribution in [0.4, 0.5) is 5.69 Å². The van der Waals surface area contributed by atoms with Gasteiger partial charge in [-0.25, -0.2) is 0 Å². The smallest absolute Gasteiger partial charge is 0.237 e. The number of carbonyl (C=O) groups excluding carboxylic acids is 1. The summed E-state index contributed by atoms with van der Waals surface area (Å²) in [6.07, 6.45) is 0. The van der Waals surface area contributed by atoms with Gasteiger partial charge in [0, 0.05) is 10.4 Å². The number of rotatable bonds is 5. The summed E-state index contributed by atoms with van der Waals surface area (Å²) in [4.78, 5) is 12.8. The highest BCUT2D eigenvalue weighted by atomic mass is 35.5. The van der Waals surface area contributed by atoms with Gasteiger partial charge in [-0.2, -0.15) is 0 Å². The fourth-order valence-corrected chi connectivity index (χ4v) is 4.21. The molecule has 0 bridgehead atoms. The summed E-state index contributed by atoms with van der Waals surface area (Å²) in [5.74, 6) is 0.373. The Morgan fingerprint density at radius 2 is 2.00 bits per heavy atom. The molecule has 0 saturated heterocycles. The number of nitrogens with zero attached hydrogens (tertiary/aromatic N) is 3. The average Bonchev–Trinajstić information content (AvgIpc) is 3.11. The summed E-state index contributed by atoms with van der Waals surface area (Å²) in [6, 6.07) is 15.2. The quantitative estimate of drug-likeness (QED) is 0.456. The van der Waals surface area contributed by atoms with Gasteiger partial charge >= 0.3 is 0 Å². The molecule has 148 valence electrons. The minimum atomic E-state index is -0.411. The van der Waals surface area contributed by atoms with Gasteiger partial charge in [0.2, 0.25) is 5.91 Å². The molecule has 1 atom stereocenters. The van der Waals surface area contributed by atoms with Gasteiger partial charge in [-0.05, 0) is 49.7 Å². The maximum atomic E-state index is 12.8. The van der Waals surface area contributed by atoms with Crippen LogP contribution in [-0.4, -0.2) is 32.9 Å². The molecule has 2 heterocycles. The van der Waals surface area contributed by atoms with Crippen LogP contribution in [0.5, 0.6) is 5.75 Å². The van der Waals surface area contributed by atoms with Gasteiger partial charge in [0.25, 0.3) is 0 Å². The van der Waals surface area contributed by atoms with E-state index in [1.165, 1.54) is 11.8 Å². The second kappa shape index (κ2) is 7.93. The Labute approximate surface area is 177 Å². The second-order valence-electron chi connectivity index (χ2n) is 6.61. The Hall–Kier alpha value is -2.77. The predicted octanol–water partition coefficient (Wildman–Crippen LogP) is 4.97. The average molecular weight is 427 g/mol. The molecule has 0 aliphatic carbocycles. The standard InChI is InChI=1S/C21H19ClN4O2S/c1-12-10-19-24-25-21(26(19)17-7-5-4-6-15(12)17)29-13(2)20(27)23-16-11-14(22)8-9-18(16)28-3/h4-11,13H,1-3H3,(H,23,27)/t13-/m0/s1. The van der Waals surface area contributed by atoms with E-state index in [-0.39, 0.29) is 5.91 Å². The van der Waals surface area contributed by atoms with Gasteiger partial charge < -0.3 is 10.1 Å². The van der Waals surface area contributed by atoms with Crippen LogP contribution < -0.4 is 10.1 Å². The maximum Gasteiger partial charge on any atom is 0.237 e. The van der Waals surface area contributed by atoms with Crippen LogP contribution in [0.15, 0.2) is 53.7 Å². The van der Waals surface area contributed by atoms with Gasteiger partial charge in [-0.15, -0.1) is 10.2 Å². The zero-order chi connectivity index (χ0) is 20.5. The van der Waals surface area contributed by atoms with E-state index in [4.69, 9.17) is 16.3 Å². The molecule has 0 aliphatic heterocycles. The highest BCUT2D eigenvalue weighted by Gasteiger charge is 2.20. The van der Waals surface area contributed by atoms with Crippen molar-refractivity contribution in [3.63, 3.8) is 0 Å². The van der Waals surface area contributed by atoms with Crippen molar-refractivity contribution >= 4 is 51.5 Å². The molecular weight excluding hydrogens is 408 g/mol. The number of halogens is 1. The largest absolute Gasteiger partial charge is 0.495 e. The maximum absolute atomic E-state index is 12.8. The Morgan fingerprint density at radius 1 is 1.21 bits per heavy atom. The first-order valence-corrected chi connectivity index (χ1v) is 10.3. The van der Waals surface area contributed by atoms with Crippen LogP contribution in [0.2, 0.25) is 5.02 Å². The van der Waals surface area contributed by atoms with E-state index in [1.54, 1.807) is 25.3 Å². The van der Waals surface area contributed by atoms with Crippen molar-refractivity contribution in [1.29, 1.82) is 0 Å². The van der Waals surface area contributed by atoms with Crippen molar-refractivity contribution < 1.29 is 9.53 Å². The van der Waals surface area contributed by atoms with E-state index < -0.39 is 5.25 Å². The Balaban J connectivity index is 1.63. The second-order valence-corrected chi connectivity index (χ2v) is 8.36. The number of aryl methyl sites for hydroxylation is 1. The highest BCUT2D eigenvalue weighted by Crippen LogP contribution is 2.31. The molecule has 0 fully saturated rings. The number of hydrogen-bond acceptors (Lipinski definition) is 5. The van der Waals surface area contributed by atoms with Gasteiger partial charge in [-0.3, -0.25) is 9.20 Å². The number of pyridine rings is 1. The van der Waals surface area contributed by atoms with Crippen LogP contribution in [0.3, 0.4) is 0 Å². The normalized spacial score (nSPS) is 12.3. The van der Waals surface area contributed by atoms with Gasteiger partial charge in [0.1, 0.15) is 5.75 Å². The van der Waals surface area contributed by atoms with E-state index in [9.17, 15) is 4.79 Å². The molecule has 0 radical (unpaired) electrons. The molecule has 4 rings (SSSR count). The highest BCUT2D eigenvalue weighted by molar-refractivity contribution is 8.00. The molecule has 8 heteroatoms. The lowest BCUT2D eigenvalue weighted by Crippen LogP contribution is -2.23. The van der Waals surface area contributed by atoms with Crippen LogP contribution in [0, 0.1) is 6.92 Å². The number of nitrogens with one attached hydrogen (secondary N) is 1. The van der Waals surface area contributed by atoms with E-state index in [0.717, 1.165) is 22.1 Å². The number of thioether (sulfide) groups is 1. The first-order valence-electron chi connectivity index (χ1n) is 9.02. The third kappa shape index (κ3) is 3.75. The summed E-state index contributed by atoms with van der Waals surface area (Å²) >= 11 is 7.40. The van der Waals surface area contributed by atoms with E-state index in [0.29, 0.717) is 21.6 Å². The molecule has 4 aromatic rings. The van der Waals surface area contributed by atoms with Gasteiger partial charge in [-0.1, -0.05) is 41.6 Å². The third-order valence-electron chi connectivity index (χ3n) is 4.64. The Bertz CT molecular complexity index is 1220. The Kier molecular flexibility index (Phi) is 5.34. The summed E-state index contributed by atoms with van der Waals surface area (Å²) in [5, 5.41) is 13.4. The number of carbonyl (C=O) groups is 1. The predicted molar refractivity (Wildman–Crippen MR) is 117 cm³/mol. The van der Waals surface area contributed by atoms with Crippen LogP contribution in [0.1, 0.15) is 12.5 Å². The molecule has 2 aromatic heterocycles. The molecule has 1 N–H and O–H groups in total. The number of aromatic nitrogens is 3. The zero-order valence-corrected chi connectivity index (χ0v) is 17.7.